The third-order valence-electron chi connectivity index (χ3n) is 2.52. The third-order valence-corrected chi connectivity index (χ3v) is 2.52. The molecule has 0 radical (unpaired) electrons. The van der Waals surface area contributed by atoms with Gasteiger partial charge < -0.3 is 14.6 Å². The number of aromatic carboxylic acids is 1. The van der Waals surface area contributed by atoms with E-state index in [1.54, 1.807) is 12.1 Å². The van der Waals surface area contributed by atoms with Crippen LogP contribution in [0.15, 0.2) is 61.1 Å². The van der Waals surface area contributed by atoms with Crippen molar-refractivity contribution in [2.75, 3.05) is 27.3 Å². The van der Waals surface area contributed by atoms with Gasteiger partial charge in [-0.1, -0.05) is 41.8 Å². The number of alkyl halides is 6. The van der Waals surface area contributed by atoms with E-state index in [-0.39, 0.29) is 47.4 Å². The summed E-state index contributed by atoms with van der Waals surface area (Å²) >= 11 is 0. The molecule has 0 bridgehead atoms. The number of hydrogen-bond acceptors (Lipinski definition) is 8. The van der Waals surface area contributed by atoms with E-state index >= 15 is 0 Å². The van der Waals surface area contributed by atoms with Crippen LogP contribution in [-0.4, -0.2) is 60.4 Å². The average Bonchev–Trinajstić information content (AvgIpc) is 2.93. The second-order valence-electron chi connectivity index (χ2n) is 5.03. The lowest BCUT2D eigenvalue weighted by Gasteiger charge is -2.10. The molecule has 0 spiro atoms. The molecule has 0 amide bonds. The third kappa shape index (κ3) is 38.1. The van der Waals surface area contributed by atoms with E-state index in [1.807, 2.05) is 0 Å². The Balaban J connectivity index is -0.0000000791. The summed E-state index contributed by atoms with van der Waals surface area (Å²) in [7, 11) is 0. The van der Waals surface area contributed by atoms with Crippen LogP contribution in [0.2, 0.25) is 0 Å². The van der Waals surface area contributed by atoms with E-state index in [4.69, 9.17) is 5.11 Å². The molecule has 0 aliphatic rings. The predicted molar refractivity (Wildman–Crippen MR) is 132 cm³/mol. The van der Waals surface area contributed by atoms with Gasteiger partial charge in [-0.2, -0.15) is 22.5 Å². The van der Waals surface area contributed by atoms with Crippen molar-refractivity contribution in [1.29, 1.82) is 0 Å². The number of halogens is 10. The normalized spacial score (nSPS) is 8.33. The maximum atomic E-state index is 12.1. The largest absolute Gasteiger partial charge is 0.477 e. The highest BCUT2D eigenvalue weighted by atomic mass is 19.4. The summed E-state index contributed by atoms with van der Waals surface area (Å²) in [5.41, 5.74) is -0.0651. The SMILES string of the molecule is C.C.C.C.FCF.FCOC=C(F)F.FCOF.O=C(O)c1ccccn1.O=C(OCC(F)(F)OF)c1ccccn1. The number of hydrogen-bond donors (Lipinski definition) is 1. The molecule has 19 heteroatoms. The van der Waals surface area contributed by atoms with Gasteiger partial charge in [0.2, 0.25) is 20.6 Å². The number of ether oxygens (including phenoxy) is 2. The van der Waals surface area contributed by atoms with Gasteiger partial charge in [0.15, 0.2) is 12.9 Å². The van der Waals surface area contributed by atoms with Crippen molar-refractivity contribution < 1.29 is 78.2 Å². The molecule has 0 atom stereocenters. The fourth-order valence-corrected chi connectivity index (χ4v) is 1.31. The number of pyridine rings is 2. The number of nitrogens with zero attached hydrogens (tertiary/aromatic N) is 2. The minimum Gasteiger partial charge on any atom is -0.477 e. The van der Waals surface area contributed by atoms with E-state index < -0.39 is 51.4 Å². The number of rotatable bonds is 8. The molecular weight excluding hydrogens is 606 g/mol. The van der Waals surface area contributed by atoms with Gasteiger partial charge in [-0.25, -0.2) is 37.1 Å². The minimum atomic E-state index is -4.13. The van der Waals surface area contributed by atoms with E-state index in [0.29, 0.717) is 0 Å². The van der Waals surface area contributed by atoms with Gasteiger partial charge in [-0.15, -0.1) is 4.94 Å². The maximum absolute atomic E-state index is 12.1. The highest BCUT2D eigenvalue weighted by Gasteiger charge is 2.34. The van der Waals surface area contributed by atoms with Gasteiger partial charge in [0, 0.05) is 12.4 Å². The number of esters is 1. The van der Waals surface area contributed by atoms with Crippen molar-refractivity contribution >= 4 is 11.9 Å². The lowest BCUT2D eigenvalue weighted by molar-refractivity contribution is -0.363. The molecule has 0 unspecified atom stereocenters. The Kier molecular flexibility index (Phi) is 47.7. The molecule has 2 heterocycles. The first-order valence-electron chi connectivity index (χ1n) is 8.96. The standard InChI is InChI=1S/C8H6F3NO3.C6H5NO2.C3H3F3O.CH2F2O.CH2F2.4CH4/c9-8(10,15-11)5-14-7(13)6-3-1-2-4-12-6;8-6(9)5-3-1-2-4-7-5;4-2-7-1-3(5)6;2-1-4-3;2-1-3;;;;/h1-4H,5H2;1-4H,(H,8,9);1H,2H2;1H2;1H2;4*1H4. The Morgan fingerprint density at radius 3 is 1.50 bits per heavy atom. The number of carbonyl (C=O) groups is 2. The first-order valence-corrected chi connectivity index (χ1v) is 8.96. The molecule has 0 aromatic carbocycles. The molecule has 42 heavy (non-hydrogen) atoms. The zero-order valence-electron chi connectivity index (χ0n) is 18.6. The van der Waals surface area contributed by atoms with Gasteiger partial charge in [0.25, 0.3) is 0 Å². The van der Waals surface area contributed by atoms with Crippen LogP contribution < -0.4 is 0 Å². The summed E-state index contributed by atoms with van der Waals surface area (Å²) in [4.78, 5) is 32.9. The van der Waals surface area contributed by atoms with Gasteiger partial charge in [-0.3, -0.25) is 0 Å². The van der Waals surface area contributed by atoms with Gasteiger partial charge in [0.1, 0.15) is 11.4 Å². The second-order valence-corrected chi connectivity index (χ2v) is 5.03. The first-order chi connectivity index (χ1) is 18.0. The molecule has 9 nitrogen and oxygen atoms in total. The molecule has 0 saturated carbocycles. The molecular formula is C23H34F10N2O7. The van der Waals surface area contributed by atoms with Crippen LogP contribution in [-0.2, 0) is 19.4 Å². The quantitative estimate of drug-likeness (QED) is 0.172. The average molecular weight is 641 g/mol. The molecule has 1 N–H and O–H groups in total. The van der Waals surface area contributed by atoms with Crippen molar-refractivity contribution in [3.8, 4) is 0 Å². The van der Waals surface area contributed by atoms with Gasteiger partial charge in [0.05, 0.1) is 0 Å². The Morgan fingerprint density at radius 1 is 0.833 bits per heavy atom. The summed E-state index contributed by atoms with van der Waals surface area (Å²) in [5, 5.41) is 8.32. The first kappa shape index (κ1) is 54.1. The van der Waals surface area contributed by atoms with Crippen molar-refractivity contribution in [2.45, 2.75) is 35.8 Å². The van der Waals surface area contributed by atoms with Crippen LogP contribution in [0.3, 0.4) is 0 Å². The summed E-state index contributed by atoms with van der Waals surface area (Å²) in [5.74, 6) is -2.07. The van der Waals surface area contributed by atoms with Crippen LogP contribution in [0.25, 0.3) is 0 Å². The van der Waals surface area contributed by atoms with Crippen molar-refractivity contribution in [1.82, 2.24) is 9.97 Å². The Labute approximate surface area is 236 Å². The smallest absolute Gasteiger partial charge is 0.419 e. The van der Waals surface area contributed by atoms with E-state index in [0.717, 1.165) is 0 Å². The highest BCUT2D eigenvalue weighted by molar-refractivity contribution is 5.87. The van der Waals surface area contributed by atoms with Crippen LogP contribution in [0.5, 0.6) is 0 Å². The maximum Gasteiger partial charge on any atom is 0.419 e. The monoisotopic (exact) mass is 640 g/mol. The predicted octanol–water partition coefficient (Wildman–Crippen LogP) is 8.42. The molecule has 2 aromatic heterocycles. The topological polar surface area (TPSA) is 117 Å². The van der Waals surface area contributed by atoms with Gasteiger partial charge in [-0.05, 0) is 33.3 Å². The summed E-state index contributed by atoms with van der Waals surface area (Å²) in [6.07, 6.45) is -3.37. The lowest BCUT2D eigenvalue weighted by Crippen LogP contribution is -2.26. The lowest BCUT2D eigenvalue weighted by atomic mass is 10.3. The number of carboxylic acid groups (broad SMARTS) is 1. The second kappa shape index (κ2) is 37.0. The van der Waals surface area contributed by atoms with E-state index in [2.05, 4.69) is 29.3 Å². The summed E-state index contributed by atoms with van der Waals surface area (Å²) < 4.78 is 115. The number of carboxylic acids is 1. The molecule has 0 aliphatic carbocycles. The fourth-order valence-electron chi connectivity index (χ4n) is 1.31. The van der Waals surface area contributed by atoms with Gasteiger partial charge >= 0.3 is 24.1 Å². The fraction of sp³-hybridized carbons (Fsp3) is 0.391. The Bertz CT molecular complexity index is 867. The molecule has 2 rings (SSSR count). The summed E-state index contributed by atoms with van der Waals surface area (Å²) in [6, 6.07) is 9.05. The van der Waals surface area contributed by atoms with E-state index in [1.165, 1.54) is 36.7 Å². The van der Waals surface area contributed by atoms with Crippen LogP contribution >= 0.6 is 0 Å². The van der Waals surface area contributed by atoms with Crippen molar-refractivity contribution in [3.63, 3.8) is 0 Å². The molecule has 248 valence electrons. The zero-order valence-corrected chi connectivity index (χ0v) is 18.6. The highest BCUT2D eigenvalue weighted by Crippen LogP contribution is 2.16. The zero-order chi connectivity index (χ0) is 29.8. The van der Waals surface area contributed by atoms with Crippen molar-refractivity contribution in [3.05, 3.63) is 72.5 Å². The van der Waals surface area contributed by atoms with Crippen molar-refractivity contribution in [2.24, 2.45) is 0 Å². The Hall–Kier alpha value is -4.00. The van der Waals surface area contributed by atoms with Crippen LogP contribution in [0.1, 0.15) is 50.7 Å². The number of carbonyl (C=O) groups excluding carboxylic acids is 1. The van der Waals surface area contributed by atoms with E-state index in [9.17, 15) is 53.8 Å². The van der Waals surface area contributed by atoms with Crippen LogP contribution in [0, 0.1) is 0 Å². The summed E-state index contributed by atoms with van der Waals surface area (Å²) in [6.45, 7) is -5.81. The van der Waals surface area contributed by atoms with Crippen LogP contribution in [0.4, 0.5) is 44.2 Å². The minimum absolute atomic E-state index is 0. The molecule has 0 saturated heterocycles. The molecule has 0 aliphatic heterocycles. The number of aromatic nitrogens is 2. The Morgan fingerprint density at radius 2 is 1.26 bits per heavy atom. The molecule has 2 aromatic rings. The molecule has 0 fully saturated rings.